The largest absolute Gasteiger partial charge is 0.504 e. The van der Waals surface area contributed by atoms with E-state index in [1.165, 1.54) is 46.5 Å². The SMILES string of the molecule is C[C@@H]1CCc2sc(C(=O)N/N=C/c3ccc(O)c(O)c3)cc2C1. The fourth-order valence-electron chi connectivity index (χ4n) is 2.66. The molecule has 1 aliphatic carbocycles. The van der Waals surface area contributed by atoms with E-state index >= 15 is 0 Å². The summed E-state index contributed by atoms with van der Waals surface area (Å²) in [5.41, 5.74) is 4.37. The topological polar surface area (TPSA) is 81.9 Å². The second-order valence-electron chi connectivity index (χ2n) is 5.85. The Balaban J connectivity index is 1.65. The van der Waals surface area contributed by atoms with Gasteiger partial charge >= 0.3 is 0 Å². The van der Waals surface area contributed by atoms with Gasteiger partial charge in [0.2, 0.25) is 0 Å². The van der Waals surface area contributed by atoms with Crippen LogP contribution in [0.15, 0.2) is 29.4 Å². The van der Waals surface area contributed by atoms with Gasteiger partial charge in [0.05, 0.1) is 11.1 Å². The van der Waals surface area contributed by atoms with Gasteiger partial charge in [-0.25, -0.2) is 5.43 Å². The molecule has 0 aliphatic heterocycles. The van der Waals surface area contributed by atoms with Gasteiger partial charge in [0, 0.05) is 4.88 Å². The Morgan fingerprint density at radius 2 is 2.17 bits per heavy atom. The second kappa shape index (κ2) is 6.42. The van der Waals surface area contributed by atoms with Gasteiger partial charge in [0.15, 0.2) is 11.5 Å². The van der Waals surface area contributed by atoms with E-state index in [1.807, 2.05) is 6.07 Å². The molecule has 0 fully saturated rings. The number of phenols is 2. The van der Waals surface area contributed by atoms with Gasteiger partial charge in [-0.3, -0.25) is 4.79 Å². The molecular weight excluding hydrogens is 312 g/mol. The minimum atomic E-state index is -0.226. The molecule has 1 aromatic heterocycles. The van der Waals surface area contributed by atoms with Gasteiger partial charge in [-0.2, -0.15) is 5.10 Å². The number of hydrogen-bond donors (Lipinski definition) is 3. The Bertz CT molecular complexity index is 767. The summed E-state index contributed by atoms with van der Waals surface area (Å²) in [6.07, 6.45) is 4.68. The molecule has 0 radical (unpaired) electrons. The van der Waals surface area contributed by atoms with E-state index in [0.29, 0.717) is 16.4 Å². The van der Waals surface area contributed by atoms with Crippen LogP contribution in [0.5, 0.6) is 11.5 Å². The highest BCUT2D eigenvalue weighted by Gasteiger charge is 2.20. The lowest BCUT2D eigenvalue weighted by atomic mass is 9.90. The van der Waals surface area contributed by atoms with Crippen molar-refractivity contribution in [3.05, 3.63) is 45.1 Å². The molecule has 0 saturated carbocycles. The summed E-state index contributed by atoms with van der Waals surface area (Å²) in [6.45, 7) is 2.23. The second-order valence-corrected chi connectivity index (χ2v) is 6.99. The number of carbonyl (C=O) groups is 1. The zero-order chi connectivity index (χ0) is 16.4. The Morgan fingerprint density at radius 1 is 1.35 bits per heavy atom. The van der Waals surface area contributed by atoms with Crippen molar-refractivity contribution in [1.29, 1.82) is 0 Å². The Labute approximate surface area is 138 Å². The quantitative estimate of drug-likeness (QED) is 0.459. The van der Waals surface area contributed by atoms with Crippen LogP contribution in [0.2, 0.25) is 0 Å². The Kier molecular flexibility index (Phi) is 4.34. The molecular formula is C17H18N2O3S. The predicted molar refractivity (Wildman–Crippen MR) is 90.3 cm³/mol. The van der Waals surface area contributed by atoms with E-state index in [2.05, 4.69) is 17.5 Å². The third-order valence-corrected chi connectivity index (χ3v) is 5.17. The fraction of sp³-hybridized carbons (Fsp3) is 0.294. The summed E-state index contributed by atoms with van der Waals surface area (Å²) >= 11 is 1.54. The standard InChI is InChI=1S/C17H18N2O3S/c1-10-2-5-15-12(6-10)8-16(23-15)17(22)19-18-9-11-3-4-13(20)14(21)7-11/h3-4,7-10,20-21H,2,5-6H2,1H3,(H,19,22)/b18-9+/t10-/m1/s1. The molecule has 120 valence electrons. The Hall–Kier alpha value is -2.34. The van der Waals surface area contributed by atoms with Gasteiger partial charge < -0.3 is 10.2 Å². The summed E-state index contributed by atoms with van der Waals surface area (Å²) in [6, 6.07) is 6.30. The number of aryl methyl sites for hydroxylation is 1. The van der Waals surface area contributed by atoms with Crippen LogP contribution in [-0.2, 0) is 12.8 Å². The molecule has 1 aliphatic rings. The molecule has 1 atom stereocenters. The van der Waals surface area contributed by atoms with Crippen LogP contribution >= 0.6 is 11.3 Å². The maximum atomic E-state index is 12.2. The average Bonchev–Trinajstić information content (AvgIpc) is 2.94. The number of nitrogens with one attached hydrogen (secondary N) is 1. The number of fused-ring (bicyclic) bond motifs is 1. The van der Waals surface area contributed by atoms with E-state index in [1.54, 1.807) is 6.07 Å². The molecule has 1 heterocycles. The van der Waals surface area contributed by atoms with Gasteiger partial charge in [0.1, 0.15) is 0 Å². The van der Waals surface area contributed by atoms with Crippen molar-refractivity contribution in [3.63, 3.8) is 0 Å². The van der Waals surface area contributed by atoms with Crippen LogP contribution in [0.1, 0.15) is 39.0 Å². The van der Waals surface area contributed by atoms with Gasteiger partial charge in [0.25, 0.3) is 5.91 Å². The third-order valence-electron chi connectivity index (χ3n) is 3.93. The van der Waals surface area contributed by atoms with E-state index in [9.17, 15) is 15.0 Å². The maximum Gasteiger partial charge on any atom is 0.281 e. The van der Waals surface area contributed by atoms with E-state index in [4.69, 9.17) is 0 Å². The fourth-order valence-corrected chi connectivity index (χ4v) is 3.76. The summed E-state index contributed by atoms with van der Waals surface area (Å²) in [5, 5.41) is 22.5. The summed E-state index contributed by atoms with van der Waals surface area (Å²) in [5.74, 6) is 0.0365. The van der Waals surface area contributed by atoms with Gasteiger partial charge in [-0.15, -0.1) is 11.3 Å². The zero-order valence-electron chi connectivity index (χ0n) is 12.7. The van der Waals surface area contributed by atoms with Crippen molar-refractivity contribution in [2.75, 3.05) is 0 Å². The molecule has 1 amide bonds. The number of nitrogens with zero attached hydrogens (tertiary/aromatic N) is 1. The number of carbonyl (C=O) groups excluding carboxylic acids is 1. The highest BCUT2D eigenvalue weighted by molar-refractivity contribution is 7.14. The Morgan fingerprint density at radius 3 is 2.96 bits per heavy atom. The van der Waals surface area contributed by atoms with Crippen molar-refractivity contribution in [1.82, 2.24) is 5.43 Å². The third kappa shape index (κ3) is 3.53. The number of hydrogen-bond acceptors (Lipinski definition) is 5. The maximum absolute atomic E-state index is 12.2. The highest BCUT2D eigenvalue weighted by Crippen LogP contribution is 2.32. The van der Waals surface area contributed by atoms with Crippen LogP contribution in [0, 0.1) is 5.92 Å². The van der Waals surface area contributed by atoms with Crippen LogP contribution in [0.25, 0.3) is 0 Å². The number of rotatable bonds is 3. The minimum Gasteiger partial charge on any atom is -0.504 e. The van der Waals surface area contributed by atoms with E-state index in [-0.39, 0.29) is 17.4 Å². The molecule has 0 unspecified atom stereocenters. The molecule has 2 aromatic rings. The highest BCUT2D eigenvalue weighted by atomic mass is 32.1. The first-order chi connectivity index (χ1) is 11.0. The summed E-state index contributed by atoms with van der Waals surface area (Å²) in [7, 11) is 0. The van der Waals surface area contributed by atoms with Crippen molar-refractivity contribution in [2.45, 2.75) is 26.2 Å². The molecule has 0 bridgehead atoms. The van der Waals surface area contributed by atoms with Crippen molar-refractivity contribution in [2.24, 2.45) is 11.0 Å². The summed E-state index contributed by atoms with van der Waals surface area (Å²) < 4.78 is 0. The van der Waals surface area contributed by atoms with Crippen molar-refractivity contribution >= 4 is 23.5 Å². The van der Waals surface area contributed by atoms with Crippen LogP contribution in [0.3, 0.4) is 0 Å². The number of benzene rings is 1. The molecule has 23 heavy (non-hydrogen) atoms. The van der Waals surface area contributed by atoms with Crippen LogP contribution in [-0.4, -0.2) is 22.3 Å². The first-order valence-electron chi connectivity index (χ1n) is 7.50. The molecule has 0 spiro atoms. The first kappa shape index (κ1) is 15.6. The molecule has 3 rings (SSSR count). The predicted octanol–water partition coefficient (Wildman–Crippen LogP) is 3.05. The number of aromatic hydroxyl groups is 2. The number of amides is 1. The molecule has 5 nitrogen and oxygen atoms in total. The van der Waals surface area contributed by atoms with Crippen LogP contribution < -0.4 is 5.43 Å². The molecule has 1 aromatic carbocycles. The first-order valence-corrected chi connectivity index (χ1v) is 8.31. The lowest BCUT2D eigenvalue weighted by molar-refractivity contribution is 0.0959. The molecule has 6 heteroatoms. The lowest BCUT2D eigenvalue weighted by Crippen LogP contribution is -2.16. The van der Waals surface area contributed by atoms with Crippen molar-refractivity contribution < 1.29 is 15.0 Å². The number of phenolic OH excluding ortho intramolecular Hbond substituents is 2. The normalized spacial score (nSPS) is 17.2. The minimum absolute atomic E-state index is 0.190. The van der Waals surface area contributed by atoms with Gasteiger partial charge in [-0.05, 0) is 60.6 Å². The number of thiophene rings is 1. The van der Waals surface area contributed by atoms with Gasteiger partial charge in [-0.1, -0.05) is 6.92 Å². The number of hydrazone groups is 1. The van der Waals surface area contributed by atoms with Crippen molar-refractivity contribution in [3.8, 4) is 11.5 Å². The smallest absolute Gasteiger partial charge is 0.281 e. The molecule has 0 saturated heterocycles. The van der Waals surface area contributed by atoms with Crippen LogP contribution in [0.4, 0.5) is 0 Å². The molecule has 3 N–H and O–H groups in total. The van der Waals surface area contributed by atoms with E-state index < -0.39 is 0 Å². The zero-order valence-corrected chi connectivity index (χ0v) is 13.6. The lowest BCUT2D eigenvalue weighted by Gasteiger charge is -2.16. The van der Waals surface area contributed by atoms with E-state index in [0.717, 1.165) is 12.8 Å². The average molecular weight is 330 g/mol. The summed E-state index contributed by atoms with van der Waals surface area (Å²) in [4.78, 5) is 14.1. The monoisotopic (exact) mass is 330 g/mol.